The maximum Gasteiger partial charge on any atom is 0.330 e. The number of benzene rings is 1. The molecule has 0 amide bonds. The van der Waals surface area contributed by atoms with Crippen molar-refractivity contribution in [1.82, 2.24) is 4.98 Å². The first kappa shape index (κ1) is 17.6. The third kappa shape index (κ3) is 4.87. The standard InChI is InChI=1S/C18H22N2O4/c1-12(2)4-5-14(9-18(21)22)20-13-6-7-15(16(8-13)23-3)17-10-19-11-24-17/h6-12,20H,4-5H2,1-3H3,(H,21,22). The molecule has 1 aromatic carbocycles. The van der Waals surface area contributed by atoms with E-state index in [1.807, 2.05) is 18.2 Å². The lowest BCUT2D eigenvalue weighted by molar-refractivity contribution is -0.131. The van der Waals surface area contributed by atoms with Crippen molar-refractivity contribution in [3.8, 4) is 17.1 Å². The average Bonchev–Trinajstić information content (AvgIpc) is 3.06. The zero-order chi connectivity index (χ0) is 17.5. The SMILES string of the molecule is COc1cc(NC(=CC(=O)O)CCC(C)C)ccc1-c1cnco1. The van der Waals surface area contributed by atoms with Crippen LogP contribution in [0.3, 0.4) is 0 Å². The van der Waals surface area contributed by atoms with Crippen LogP contribution in [0.5, 0.6) is 5.75 Å². The van der Waals surface area contributed by atoms with E-state index in [-0.39, 0.29) is 0 Å². The Morgan fingerprint density at radius 3 is 2.83 bits per heavy atom. The molecule has 0 unspecified atom stereocenters. The van der Waals surface area contributed by atoms with Crippen LogP contribution in [-0.4, -0.2) is 23.2 Å². The molecule has 0 fully saturated rings. The Labute approximate surface area is 141 Å². The number of aliphatic carboxylic acids is 1. The second-order valence-electron chi connectivity index (χ2n) is 5.85. The van der Waals surface area contributed by atoms with Crippen LogP contribution in [0.2, 0.25) is 0 Å². The average molecular weight is 330 g/mol. The van der Waals surface area contributed by atoms with Gasteiger partial charge in [-0.15, -0.1) is 0 Å². The number of aromatic nitrogens is 1. The van der Waals surface area contributed by atoms with Crippen molar-refractivity contribution in [1.29, 1.82) is 0 Å². The topological polar surface area (TPSA) is 84.6 Å². The summed E-state index contributed by atoms with van der Waals surface area (Å²) < 4.78 is 10.7. The van der Waals surface area contributed by atoms with Gasteiger partial charge in [0.1, 0.15) is 5.75 Å². The van der Waals surface area contributed by atoms with Gasteiger partial charge >= 0.3 is 5.97 Å². The monoisotopic (exact) mass is 330 g/mol. The van der Waals surface area contributed by atoms with Gasteiger partial charge in [0, 0.05) is 23.5 Å². The van der Waals surface area contributed by atoms with Gasteiger partial charge in [-0.1, -0.05) is 13.8 Å². The van der Waals surface area contributed by atoms with E-state index in [1.54, 1.807) is 13.3 Å². The van der Waals surface area contributed by atoms with Crippen molar-refractivity contribution in [2.24, 2.45) is 5.92 Å². The molecule has 2 N–H and O–H groups in total. The second kappa shape index (κ2) is 8.19. The van der Waals surface area contributed by atoms with Crippen LogP contribution in [0.1, 0.15) is 26.7 Å². The highest BCUT2D eigenvalue weighted by Crippen LogP contribution is 2.32. The minimum Gasteiger partial charge on any atom is -0.496 e. The van der Waals surface area contributed by atoms with Crippen molar-refractivity contribution < 1.29 is 19.1 Å². The van der Waals surface area contributed by atoms with Gasteiger partial charge < -0.3 is 19.6 Å². The van der Waals surface area contributed by atoms with E-state index in [4.69, 9.17) is 14.3 Å². The zero-order valence-corrected chi connectivity index (χ0v) is 14.1. The maximum atomic E-state index is 11.0. The number of allylic oxidation sites excluding steroid dienone is 1. The maximum absolute atomic E-state index is 11.0. The molecule has 2 rings (SSSR count). The number of carboxylic acids is 1. The fourth-order valence-corrected chi connectivity index (χ4v) is 2.27. The van der Waals surface area contributed by atoms with E-state index >= 15 is 0 Å². The summed E-state index contributed by atoms with van der Waals surface area (Å²) in [5.41, 5.74) is 2.20. The lowest BCUT2D eigenvalue weighted by atomic mass is 10.1. The number of ether oxygens (including phenoxy) is 1. The molecular formula is C18H22N2O4. The molecule has 1 aromatic heterocycles. The molecular weight excluding hydrogens is 308 g/mol. The van der Waals surface area contributed by atoms with Crippen molar-refractivity contribution >= 4 is 11.7 Å². The fraction of sp³-hybridized carbons (Fsp3) is 0.333. The molecule has 128 valence electrons. The van der Waals surface area contributed by atoms with Crippen molar-refractivity contribution in [3.05, 3.63) is 42.6 Å². The lowest BCUT2D eigenvalue weighted by Gasteiger charge is -2.14. The molecule has 6 nitrogen and oxygen atoms in total. The quantitative estimate of drug-likeness (QED) is 0.707. The van der Waals surface area contributed by atoms with E-state index < -0.39 is 5.97 Å². The highest BCUT2D eigenvalue weighted by molar-refractivity contribution is 5.81. The smallest absolute Gasteiger partial charge is 0.330 e. The van der Waals surface area contributed by atoms with Gasteiger partial charge in [-0.3, -0.25) is 0 Å². The number of carboxylic acid groups (broad SMARTS) is 1. The van der Waals surface area contributed by atoms with E-state index in [9.17, 15) is 4.79 Å². The van der Waals surface area contributed by atoms with Crippen LogP contribution in [0.25, 0.3) is 11.3 Å². The van der Waals surface area contributed by atoms with Crippen molar-refractivity contribution in [3.63, 3.8) is 0 Å². The largest absolute Gasteiger partial charge is 0.496 e. The second-order valence-corrected chi connectivity index (χ2v) is 5.85. The Morgan fingerprint density at radius 1 is 1.46 bits per heavy atom. The number of oxazole rings is 1. The predicted octanol–water partition coefficient (Wildman–Crippen LogP) is 4.17. The molecule has 2 aromatic rings. The molecule has 24 heavy (non-hydrogen) atoms. The highest BCUT2D eigenvalue weighted by Gasteiger charge is 2.11. The Morgan fingerprint density at radius 2 is 2.25 bits per heavy atom. The first-order chi connectivity index (χ1) is 11.5. The number of methoxy groups -OCH3 is 1. The van der Waals surface area contributed by atoms with Crippen molar-refractivity contribution in [2.45, 2.75) is 26.7 Å². The first-order valence-corrected chi connectivity index (χ1v) is 7.77. The Bertz CT molecular complexity index is 706. The summed E-state index contributed by atoms with van der Waals surface area (Å²) in [6.45, 7) is 4.21. The van der Waals surface area contributed by atoms with E-state index in [0.29, 0.717) is 29.5 Å². The lowest BCUT2D eigenvalue weighted by Crippen LogP contribution is -2.05. The summed E-state index contributed by atoms with van der Waals surface area (Å²) in [4.78, 5) is 14.9. The summed E-state index contributed by atoms with van der Waals surface area (Å²) in [5.74, 6) is 0.758. The molecule has 0 aliphatic heterocycles. The summed E-state index contributed by atoms with van der Waals surface area (Å²) >= 11 is 0. The van der Waals surface area contributed by atoms with E-state index in [2.05, 4.69) is 24.1 Å². The van der Waals surface area contributed by atoms with Crippen LogP contribution < -0.4 is 10.1 Å². The number of nitrogens with zero attached hydrogens (tertiary/aromatic N) is 1. The van der Waals surface area contributed by atoms with Crippen molar-refractivity contribution in [2.75, 3.05) is 12.4 Å². The minimum absolute atomic E-state index is 0.493. The third-order valence-electron chi connectivity index (χ3n) is 3.49. The van der Waals surface area contributed by atoms with Gasteiger partial charge in [-0.25, -0.2) is 9.78 Å². The molecule has 0 radical (unpaired) electrons. The van der Waals surface area contributed by atoms with Gasteiger partial charge in [0.05, 0.1) is 18.9 Å². The fourth-order valence-electron chi connectivity index (χ4n) is 2.27. The van der Waals surface area contributed by atoms with Gasteiger partial charge in [-0.05, 0) is 30.9 Å². The molecule has 0 atom stereocenters. The molecule has 0 aliphatic carbocycles. The highest BCUT2D eigenvalue weighted by atomic mass is 16.5. The Balaban J connectivity index is 2.22. The number of hydrogen-bond acceptors (Lipinski definition) is 5. The van der Waals surface area contributed by atoms with Gasteiger partial charge in [0.25, 0.3) is 0 Å². The molecule has 0 saturated heterocycles. The number of nitrogens with one attached hydrogen (secondary N) is 1. The molecule has 0 bridgehead atoms. The zero-order valence-electron chi connectivity index (χ0n) is 14.1. The van der Waals surface area contributed by atoms with Crippen LogP contribution >= 0.6 is 0 Å². The number of hydrogen-bond donors (Lipinski definition) is 2. The summed E-state index contributed by atoms with van der Waals surface area (Å²) in [6.07, 6.45) is 5.75. The van der Waals surface area contributed by atoms with Crippen LogP contribution in [0, 0.1) is 5.92 Å². The molecule has 0 saturated carbocycles. The third-order valence-corrected chi connectivity index (χ3v) is 3.49. The molecule has 6 heteroatoms. The van der Waals surface area contributed by atoms with Gasteiger partial charge in [-0.2, -0.15) is 0 Å². The van der Waals surface area contributed by atoms with E-state index in [1.165, 1.54) is 12.5 Å². The normalized spacial score (nSPS) is 11.6. The number of anilines is 1. The number of rotatable bonds is 8. The van der Waals surface area contributed by atoms with Crippen LogP contribution in [0.15, 0.2) is 47.0 Å². The summed E-state index contributed by atoms with van der Waals surface area (Å²) in [5, 5.41) is 12.2. The predicted molar refractivity (Wildman–Crippen MR) is 91.9 cm³/mol. The van der Waals surface area contributed by atoms with Crippen LogP contribution in [0.4, 0.5) is 5.69 Å². The Hall–Kier alpha value is -2.76. The summed E-state index contributed by atoms with van der Waals surface area (Å²) in [6, 6.07) is 5.51. The van der Waals surface area contributed by atoms with Crippen LogP contribution in [-0.2, 0) is 4.79 Å². The minimum atomic E-state index is -0.966. The summed E-state index contributed by atoms with van der Waals surface area (Å²) in [7, 11) is 1.58. The molecule has 0 aliphatic rings. The number of carbonyl (C=O) groups is 1. The molecule has 1 heterocycles. The van der Waals surface area contributed by atoms with E-state index in [0.717, 1.165) is 17.7 Å². The molecule has 0 spiro atoms. The van der Waals surface area contributed by atoms with Gasteiger partial charge in [0.15, 0.2) is 12.2 Å². The Kier molecular flexibility index (Phi) is 6.01. The first-order valence-electron chi connectivity index (χ1n) is 7.77. The van der Waals surface area contributed by atoms with Gasteiger partial charge in [0.2, 0.25) is 0 Å².